The number of ether oxygens (including phenoxy) is 1. The van der Waals surface area contributed by atoms with Crippen LogP contribution < -0.4 is 15.9 Å². The Morgan fingerprint density at radius 2 is 2.00 bits per heavy atom. The minimum atomic E-state index is -1.02. The summed E-state index contributed by atoms with van der Waals surface area (Å²) in [6.45, 7) is 3.35. The molecule has 0 spiro atoms. The van der Waals surface area contributed by atoms with Crippen molar-refractivity contribution < 1.29 is 9.53 Å². The zero-order valence-electron chi connectivity index (χ0n) is 12.3. The Labute approximate surface area is 128 Å². The molecule has 0 radical (unpaired) electrons. The van der Waals surface area contributed by atoms with E-state index in [1.807, 2.05) is 18.2 Å². The first kappa shape index (κ1) is 14.0. The second kappa shape index (κ2) is 4.77. The summed E-state index contributed by atoms with van der Waals surface area (Å²) in [5.41, 5.74) is 5.61. The maximum absolute atomic E-state index is 11.4. The van der Waals surface area contributed by atoms with E-state index in [-0.39, 0.29) is 0 Å². The third kappa shape index (κ3) is 2.38. The molecule has 0 aliphatic heterocycles. The lowest BCUT2D eigenvalue weighted by molar-refractivity contribution is -0.130. The monoisotopic (exact) mass is 297 g/mol. The first-order chi connectivity index (χ1) is 9.88. The molecule has 5 heteroatoms. The molecule has 2 aromatic carbocycles. The van der Waals surface area contributed by atoms with Crippen molar-refractivity contribution in [2.24, 2.45) is 5.73 Å². The fraction of sp³-hybridized carbons (Fsp3) is 0.188. The summed E-state index contributed by atoms with van der Waals surface area (Å²) in [6.07, 6.45) is 0. The van der Waals surface area contributed by atoms with Gasteiger partial charge in [0.25, 0.3) is 5.91 Å². The number of hydrogen-bond donors (Lipinski definition) is 1. The number of rotatable bonds is 3. The molecule has 0 fully saturated rings. The smallest absolute Gasteiger partial charge is 0.261 e. The highest BCUT2D eigenvalue weighted by Crippen LogP contribution is 2.35. The number of thiophene rings is 1. The molecule has 21 heavy (non-hydrogen) atoms. The Hall–Kier alpha value is -2.01. The number of primary amides is 1. The molecule has 1 amide bonds. The van der Waals surface area contributed by atoms with Crippen LogP contribution in [0.5, 0.6) is 5.75 Å². The lowest BCUT2D eigenvalue weighted by Gasteiger charge is -2.22. The minimum Gasteiger partial charge on any atom is -0.478 e. The number of hydrogen-bond acceptors (Lipinski definition) is 3. The van der Waals surface area contributed by atoms with Gasteiger partial charge in [-0.25, -0.2) is 0 Å². The Morgan fingerprint density at radius 1 is 1.24 bits per heavy atom. The second-order valence-corrected chi connectivity index (χ2v) is 6.74. The third-order valence-electron chi connectivity index (χ3n) is 3.63. The standard InChI is InChI=1S/C16H16BNO2S/c1-16(2,15(18)19)20-9-6-7-13-11(8-9)10-4-3-5-12(17)14(10)21-13/h3-8H,17H2,1-2H3,(H2,18,19). The predicted molar refractivity (Wildman–Crippen MR) is 91.4 cm³/mol. The number of carbonyl (C=O) groups excluding carboxylic acids is 1. The van der Waals surface area contributed by atoms with Gasteiger partial charge in [0.2, 0.25) is 0 Å². The van der Waals surface area contributed by atoms with Crippen molar-refractivity contribution in [1.82, 2.24) is 0 Å². The Kier molecular flexibility index (Phi) is 3.17. The minimum absolute atomic E-state index is 0.478. The van der Waals surface area contributed by atoms with Crippen LogP contribution in [0.2, 0.25) is 0 Å². The van der Waals surface area contributed by atoms with Crippen molar-refractivity contribution in [3.05, 3.63) is 36.4 Å². The summed E-state index contributed by atoms with van der Waals surface area (Å²) >= 11 is 1.77. The van der Waals surface area contributed by atoms with Gasteiger partial charge in [-0.05, 0) is 37.4 Å². The molecular weight excluding hydrogens is 281 g/mol. The summed E-state index contributed by atoms with van der Waals surface area (Å²) < 4.78 is 8.25. The molecule has 0 saturated heterocycles. The van der Waals surface area contributed by atoms with Crippen molar-refractivity contribution in [1.29, 1.82) is 0 Å². The number of carbonyl (C=O) groups is 1. The number of fused-ring (bicyclic) bond motifs is 3. The number of nitrogens with two attached hydrogens (primary N) is 1. The van der Waals surface area contributed by atoms with Crippen LogP contribution in [-0.4, -0.2) is 19.4 Å². The van der Waals surface area contributed by atoms with Gasteiger partial charge in [-0.15, -0.1) is 11.3 Å². The van der Waals surface area contributed by atoms with Crippen LogP contribution in [0.4, 0.5) is 0 Å². The first-order valence-electron chi connectivity index (χ1n) is 6.79. The van der Waals surface area contributed by atoms with E-state index in [0.717, 1.165) is 5.39 Å². The van der Waals surface area contributed by atoms with Crippen LogP contribution in [0.25, 0.3) is 20.2 Å². The number of benzene rings is 2. The van der Waals surface area contributed by atoms with E-state index >= 15 is 0 Å². The van der Waals surface area contributed by atoms with Crippen LogP contribution in [0, 0.1) is 0 Å². The average molecular weight is 297 g/mol. The van der Waals surface area contributed by atoms with Gasteiger partial charge in [0.15, 0.2) is 5.60 Å². The molecule has 106 valence electrons. The van der Waals surface area contributed by atoms with Crippen LogP contribution in [-0.2, 0) is 4.79 Å². The van der Waals surface area contributed by atoms with Crippen molar-refractivity contribution in [2.75, 3.05) is 0 Å². The van der Waals surface area contributed by atoms with Gasteiger partial charge in [0.05, 0.1) is 0 Å². The Morgan fingerprint density at radius 3 is 2.71 bits per heavy atom. The second-order valence-electron chi connectivity index (χ2n) is 5.69. The van der Waals surface area contributed by atoms with Gasteiger partial charge in [-0.2, -0.15) is 0 Å². The first-order valence-corrected chi connectivity index (χ1v) is 7.61. The van der Waals surface area contributed by atoms with E-state index in [4.69, 9.17) is 10.5 Å². The van der Waals surface area contributed by atoms with E-state index in [0.29, 0.717) is 5.75 Å². The Balaban J connectivity index is 2.14. The normalized spacial score (nSPS) is 11.9. The summed E-state index contributed by atoms with van der Waals surface area (Å²) in [7, 11) is 2.12. The lowest BCUT2D eigenvalue weighted by atomic mass is 9.94. The molecule has 1 heterocycles. The van der Waals surface area contributed by atoms with Crippen LogP contribution in [0.1, 0.15) is 13.8 Å². The molecule has 3 nitrogen and oxygen atoms in total. The Bertz CT molecular complexity index is 854. The van der Waals surface area contributed by atoms with E-state index in [9.17, 15) is 4.79 Å². The molecule has 2 N–H and O–H groups in total. The van der Waals surface area contributed by atoms with Crippen molar-refractivity contribution in [3.63, 3.8) is 0 Å². The summed E-state index contributed by atoms with van der Waals surface area (Å²) in [5, 5.41) is 2.37. The maximum Gasteiger partial charge on any atom is 0.261 e. The van der Waals surface area contributed by atoms with E-state index in [2.05, 4.69) is 26.0 Å². The number of amides is 1. The molecule has 0 bridgehead atoms. The maximum atomic E-state index is 11.4. The lowest BCUT2D eigenvalue weighted by Crippen LogP contribution is -2.43. The van der Waals surface area contributed by atoms with Crippen LogP contribution >= 0.6 is 11.3 Å². The quantitative estimate of drug-likeness (QED) is 0.751. The van der Waals surface area contributed by atoms with Gasteiger partial charge in [0.1, 0.15) is 13.6 Å². The van der Waals surface area contributed by atoms with Crippen molar-refractivity contribution >= 4 is 50.7 Å². The molecule has 0 atom stereocenters. The molecular formula is C16H16BNO2S. The highest BCUT2D eigenvalue weighted by molar-refractivity contribution is 7.26. The van der Waals surface area contributed by atoms with Gasteiger partial charge in [-0.3, -0.25) is 4.79 Å². The van der Waals surface area contributed by atoms with Crippen molar-refractivity contribution in [2.45, 2.75) is 19.4 Å². The zero-order chi connectivity index (χ0) is 15.2. The molecule has 0 unspecified atom stereocenters. The highest BCUT2D eigenvalue weighted by Gasteiger charge is 2.27. The van der Waals surface area contributed by atoms with Gasteiger partial charge in [-0.1, -0.05) is 23.7 Å². The third-order valence-corrected chi connectivity index (χ3v) is 4.95. The van der Waals surface area contributed by atoms with Crippen LogP contribution in [0.3, 0.4) is 0 Å². The molecule has 1 aromatic heterocycles. The molecule has 0 aliphatic carbocycles. The molecule has 0 aliphatic rings. The van der Waals surface area contributed by atoms with E-state index in [1.54, 1.807) is 25.2 Å². The van der Waals surface area contributed by atoms with E-state index < -0.39 is 11.5 Å². The summed E-state index contributed by atoms with van der Waals surface area (Å²) in [4.78, 5) is 11.4. The largest absolute Gasteiger partial charge is 0.478 e. The zero-order valence-corrected chi connectivity index (χ0v) is 13.1. The predicted octanol–water partition coefficient (Wildman–Crippen LogP) is 1.96. The highest BCUT2D eigenvalue weighted by atomic mass is 32.1. The summed E-state index contributed by atoms with van der Waals surface area (Å²) in [5.74, 6) is 0.182. The molecule has 3 rings (SSSR count). The topological polar surface area (TPSA) is 52.3 Å². The van der Waals surface area contributed by atoms with Crippen LogP contribution in [0.15, 0.2) is 36.4 Å². The SMILES string of the molecule is Bc1cccc2c1sc1ccc(OC(C)(C)C(N)=O)cc12. The fourth-order valence-electron chi connectivity index (χ4n) is 2.33. The van der Waals surface area contributed by atoms with Gasteiger partial charge < -0.3 is 10.5 Å². The van der Waals surface area contributed by atoms with Crippen molar-refractivity contribution in [3.8, 4) is 5.75 Å². The fourth-order valence-corrected chi connectivity index (χ4v) is 3.48. The summed E-state index contributed by atoms with van der Waals surface area (Å²) in [6, 6.07) is 12.2. The molecule has 3 aromatic rings. The van der Waals surface area contributed by atoms with Gasteiger partial charge in [0, 0.05) is 14.8 Å². The average Bonchev–Trinajstić information content (AvgIpc) is 2.78. The van der Waals surface area contributed by atoms with E-state index in [1.165, 1.54) is 20.2 Å². The van der Waals surface area contributed by atoms with Gasteiger partial charge >= 0.3 is 0 Å². The molecule has 0 saturated carbocycles.